The molecule has 2 N–H and O–H groups in total. The molecule has 178 valence electrons. The molecule has 0 bridgehead atoms. The molecule has 0 fully saturated rings. The summed E-state index contributed by atoms with van der Waals surface area (Å²) in [7, 11) is 0. The molecule has 31 heavy (non-hydrogen) atoms. The van der Waals surface area contributed by atoms with Crippen molar-refractivity contribution in [1.29, 1.82) is 0 Å². The Morgan fingerprint density at radius 3 is 1.35 bits per heavy atom. The minimum atomic E-state index is -1.16. The first kappa shape index (κ1) is 34.8. The van der Waals surface area contributed by atoms with E-state index < -0.39 is 17.9 Å². The topological polar surface area (TPSA) is 101 Å². The Labute approximate surface area is 211 Å². The van der Waals surface area contributed by atoms with Crippen LogP contribution in [0.2, 0.25) is 0 Å². The summed E-state index contributed by atoms with van der Waals surface area (Å²) in [6, 6.07) is 0. The first-order valence-corrected chi connectivity index (χ1v) is 11.7. The van der Waals surface area contributed by atoms with Gasteiger partial charge in [0, 0.05) is 18.6 Å². The van der Waals surface area contributed by atoms with E-state index in [1.807, 2.05) is 0 Å². The van der Waals surface area contributed by atoms with E-state index in [1.54, 1.807) is 6.92 Å². The van der Waals surface area contributed by atoms with E-state index >= 15 is 0 Å². The molecule has 0 aromatic rings. The van der Waals surface area contributed by atoms with Crippen molar-refractivity contribution < 1.29 is 29.3 Å². The fourth-order valence-corrected chi connectivity index (χ4v) is 2.98. The van der Waals surface area contributed by atoms with Gasteiger partial charge in [-0.25, -0.2) is 9.59 Å². The standard InChI is InChI=1S/C18H36O2.C6H8O4.Na.H/c1-2-3-4-5-6-7-8-9-10-11-12-13-14-15-16-17-18(19)20;1-2-10-6(9)4-3-5(7)8;;/h2-17H2,1H3,(H,19,20);3-4H,2H2,1H3,(H,7,8);;/b;4-3+;;. The van der Waals surface area contributed by atoms with Crippen molar-refractivity contribution in [2.75, 3.05) is 6.61 Å². The number of carboxylic acids is 2. The van der Waals surface area contributed by atoms with Gasteiger partial charge in [0.2, 0.25) is 0 Å². The summed E-state index contributed by atoms with van der Waals surface area (Å²) in [5.41, 5.74) is 0. The molecule has 0 aliphatic heterocycles. The monoisotopic (exact) mass is 452 g/mol. The Kier molecular flexibility index (Phi) is 32.7. The number of aliphatic carboxylic acids is 2. The van der Waals surface area contributed by atoms with Gasteiger partial charge in [-0.05, 0) is 13.3 Å². The predicted molar refractivity (Wildman–Crippen MR) is 128 cm³/mol. The van der Waals surface area contributed by atoms with Crippen LogP contribution >= 0.6 is 0 Å². The summed E-state index contributed by atoms with van der Waals surface area (Å²) >= 11 is 0. The van der Waals surface area contributed by atoms with Gasteiger partial charge < -0.3 is 14.9 Å². The van der Waals surface area contributed by atoms with Gasteiger partial charge in [-0.3, -0.25) is 4.79 Å². The molecule has 0 saturated heterocycles. The molecule has 0 heterocycles. The second kappa shape index (κ2) is 29.1. The van der Waals surface area contributed by atoms with Crippen molar-refractivity contribution in [2.24, 2.45) is 0 Å². The summed E-state index contributed by atoms with van der Waals surface area (Å²) in [5, 5.41) is 16.6. The zero-order valence-electron chi connectivity index (χ0n) is 19.2. The fourth-order valence-electron chi connectivity index (χ4n) is 2.98. The Morgan fingerprint density at radius 2 is 1.03 bits per heavy atom. The van der Waals surface area contributed by atoms with Crippen LogP contribution in [-0.2, 0) is 19.1 Å². The van der Waals surface area contributed by atoms with Crippen molar-refractivity contribution in [3.05, 3.63) is 12.2 Å². The average Bonchev–Trinajstić information content (AvgIpc) is 2.70. The van der Waals surface area contributed by atoms with Crippen LogP contribution in [0.1, 0.15) is 117 Å². The third kappa shape index (κ3) is 36.8. The number of unbranched alkanes of at least 4 members (excludes halogenated alkanes) is 14. The van der Waals surface area contributed by atoms with Crippen molar-refractivity contribution in [3.63, 3.8) is 0 Å². The molecule has 0 radical (unpaired) electrons. The van der Waals surface area contributed by atoms with Crippen LogP contribution in [0.5, 0.6) is 0 Å². The Balaban J connectivity index is -0.000000604. The van der Waals surface area contributed by atoms with Crippen LogP contribution in [0, 0.1) is 0 Å². The second-order valence-electron chi connectivity index (χ2n) is 7.52. The fraction of sp³-hybridized carbons (Fsp3) is 0.792. The molecule has 0 saturated carbocycles. The number of rotatable bonds is 19. The molecule has 6 nitrogen and oxygen atoms in total. The first-order chi connectivity index (χ1) is 14.4. The Bertz CT molecular complexity index is 451. The van der Waals surface area contributed by atoms with E-state index in [0.29, 0.717) is 6.42 Å². The number of hydrogen-bond donors (Lipinski definition) is 2. The third-order valence-electron chi connectivity index (χ3n) is 4.64. The quantitative estimate of drug-likeness (QED) is 0.110. The molecule has 0 aromatic carbocycles. The van der Waals surface area contributed by atoms with E-state index in [-0.39, 0.29) is 36.2 Å². The van der Waals surface area contributed by atoms with E-state index in [2.05, 4.69) is 11.7 Å². The van der Waals surface area contributed by atoms with Gasteiger partial charge in [-0.1, -0.05) is 96.8 Å². The normalized spacial score (nSPS) is 10.1. The zero-order valence-corrected chi connectivity index (χ0v) is 19.2. The van der Waals surface area contributed by atoms with Crippen molar-refractivity contribution in [2.45, 2.75) is 117 Å². The number of ether oxygens (including phenoxy) is 1. The molecule has 0 amide bonds. The maximum atomic E-state index is 10.4. The van der Waals surface area contributed by atoms with Crippen molar-refractivity contribution in [3.8, 4) is 0 Å². The molecule has 0 aromatic heterocycles. The number of carboxylic acid groups (broad SMARTS) is 2. The summed E-state index contributed by atoms with van der Waals surface area (Å²) in [5.74, 6) is -2.45. The van der Waals surface area contributed by atoms with Gasteiger partial charge in [0.25, 0.3) is 0 Å². The Morgan fingerprint density at radius 1 is 0.645 bits per heavy atom. The van der Waals surface area contributed by atoms with Crippen LogP contribution in [0.15, 0.2) is 12.2 Å². The van der Waals surface area contributed by atoms with Crippen LogP contribution < -0.4 is 0 Å². The molecule has 0 aliphatic carbocycles. The number of hydrogen-bond acceptors (Lipinski definition) is 4. The molecule has 0 spiro atoms. The molecule has 0 unspecified atom stereocenters. The predicted octanol–water partition coefficient (Wildman–Crippen LogP) is 5.87. The molecular formula is C24H45NaO6. The molecule has 0 aliphatic rings. The maximum absolute atomic E-state index is 10.4. The minimum absolute atomic E-state index is 0. The van der Waals surface area contributed by atoms with Crippen LogP contribution in [-0.4, -0.2) is 64.3 Å². The summed E-state index contributed by atoms with van der Waals surface area (Å²) in [6.45, 7) is 4.17. The molecule has 7 heteroatoms. The van der Waals surface area contributed by atoms with Gasteiger partial charge in [0.1, 0.15) is 0 Å². The van der Waals surface area contributed by atoms with Crippen molar-refractivity contribution >= 4 is 47.5 Å². The number of carbonyl (C=O) groups is 3. The molecule has 0 rings (SSSR count). The van der Waals surface area contributed by atoms with Gasteiger partial charge in [-0.15, -0.1) is 0 Å². The van der Waals surface area contributed by atoms with Crippen LogP contribution in [0.25, 0.3) is 0 Å². The summed E-state index contributed by atoms with van der Waals surface area (Å²) in [4.78, 5) is 30.5. The first-order valence-electron chi connectivity index (χ1n) is 11.7. The third-order valence-corrected chi connectivity index (χ3v) is 4.64. The van der Waals surface area contributed by atoms with Gasteiger partial charge in [0.15, 0.2) is 0 Å². The number of carbonyl (C=O) groups excluding carboxylic acids is 1. The van der Waals surface area contributed by atoms with E-state index in [0.717, 1.165) is 25.0 Å². The SMILES string of the molecule is CCCCCCCCCCCCCCCCCC(=O)O.CCOC(=O)/C=C/C(=O)O.[NaH]. The summed E-state index contributed by atoms with van der Waals surface area (Å²) < 4.78 is 4.40. The average molecular weight is 453 g/mol. The zero-order chi connectivity index (χ0) is 22.9. The van der Waals surface area contributed by atoms with Crippen LogP contribution in [0.4, 0.5) is 0 Å². The van der Waals surface area contributed by atoms with E-state index in [4.69, 9.17) is 10.2 Å². The molecular weight excluding hydrogens is 407 g/mol. The van der Waals surface area contributed by atoms with Gasteiger partial charge in [-0.2, -0.15) is 0 Å². The van der Waals surface area contributed by atoms with E-state index in [9.17, 15) is 14.4 Å². The number of esters is 1. The molecule has 0 atom stereocenters. The van der Waals surface area contributed by atoms with Gasteiger partial charge in [0.05, 0.1) is 6.61 Å². The second-order valence-corrected chi connectivity index (χ2v) is 7.52. The van der Waals surface area contributed by atoms with E-state index in [1.165, 1.54) is 83.5 Å². The van der Waals surface area contributed by atoms with Crippen molar-refractivity contribution in [1.82, 2.24) is 0 Å². The van der Waals surface area contributed by atoms with Gasteiger partial charge >= 0.3 is 47.5 Å². The van der Waals surface area contributed by atoms with Crippen LogP contribution in [0.3, 0.4) is 0 Å². The Hall–Kier alpha value is -0.850. The summed E-state index contributed by atoms with van der Waals surface area (Å²) in [6.07, 6.45) is 21.8.